The predicted molar refractivity (Wildman–Crippen MR) is 72.8 cm³/mol. The minimum atomic E-state index is -0.413. The third kappa shape index (κ3) is 6.88. The van der Waals surface area contributed by atoms with Crippen molar-refractivity contribution in [3.05, 3.63) is 30.3 Å². The summed E-state index contributed by atoms with van der Waals surface area (Å²) in [4.78, 5) is 10.9. The van der Waals surface area contributed by atoms with Crippen LogP contribution in [0.15, 0.2) is 30.3 Å². The molecule has 0 unspecified atom stereocenters. The second-order valence-corrected chi connectivity index (χ2v) is 3.71. The Morgan fingerprint density at radius 3 is 2.17 bits per heavy atom. The maximum Gasteiger partial charge on any atom is 0.411 e. The number of hydrogen-bond donors (Lipinski definition) is 3. The topological polar surface area (TPSA) is 62.4 Å². The van der Waals surface area contributed by atoms with Crippen LogP contribution in [-0.4, -0.2) is 38.9 Å². The third-order valence-electron chi connectivity index (χ3n) is 2.25. The fraction of sp³-hybridized carbons (Fsp3) is 0.462. The second-order valence-electron chi connectivity index (χ2n) is 3.71. The Morgan fingerprint density at radius 2 is 1.72 bits per heavy atom. The minimum absolute atomic E-state index is 0.388. The Kier molecular flexibility index (Phi) is 7.59. The van der Waals surface area contributed by atoms with Gasteiger partial charge in [-0.15, -0.1) is 0 Å². The Morgan fingerprint density at radius 1 is 1.17 bits per heavy atom. The van der Waals surface area contributed by atoms with Gasteiger partial charge in [-0.2, -0.15) is 0 Å². The van der Waals surface area contributed by atoms with Gasteiger partial charge in [0.2, 0.25) is 0 Å². The van der Waals surface area contributed by atoms with Crippen LogP contribution < -0.4 is 16.0 Å². The van der Waals surface area contributed by atoms with Gasteiger partial charge < -0.3 is 15.4 Å². The van der Waals surface area contributed by atoms with Gasteiger partial charge in [0.1, 0.15) is 0 Å². The van der Waals surface area contributed by atoms with Crippen molar-refractivity contribution in [3.8, 4) is 0 Å². The SMILES string of the molecule is C1CNCCN1.CCOC(=O)Nc1ccccc1. The summed E-state index contributed by atoms with van der Waals surface area (Å²) in [5.41, 5.74) is 0.746. The molecule has 3 N–H and O–H groups in total. The molecule has 1 aromatic carbocycles. The minimum Gasteiger partial charge on any atom is -0.450 e. The van der Waals surface area contributed by atoms with Crippen LogP contribution >= 0.6 is 0 Å². The highest BCUT2D eigenvalue weighted by molar-refractivity contribution is 5.84. The van der Waals surface area contributed by atoms with E-state index < -0.39 is 6.09 Å². The molecule has 5 nitrogen and oxygen atoms in total. The number of para-hydroxylation sites is 1. The number of rotatable bonds is 2. The molecule has 1 aliphatic heterocycles. The molecule has 0 aliphatic carbocycles. The fourth-order valence-electron chi connectivity index (χ4n) is 1.41. The van der Waals surface area contributed by atoms with E-state index in [4.69, 9.17) is 4.74 Å². The van der Waals surface area contributed by atoms with Crippen molar-refractivity contribution in [2.24, 2.45) is 0 Å². The van der Waals surface area contributed by atoms with Crippen LogP contribution in [0.1, 0.15) is 6.92 Å². The number of ether oxygens (including phenoxy) is 1. The van der Waals surface area contributed by atoms with Crippen LogP contribution in [0, 0.1) is 0 Å². The number of benzene rings is 1. The Labute approximate surface area is 108 Å². The van der Waals surface area contributed by atoms with Gasteiger partial charge >= 0.3 is 6.09 Å². The zero-order valence-corrected chi connectivity index (χ0v) is 10.7. The molecule has 1 fully saturated rings. The number of carbonyl (C=O) groups excluding carboxylic acids is 1. The molecule has 0 spiro atoms. The molecular formula is C13H21N3O2. The van der Waals surface area contributed by atoms with Crippen LogP contribution in [-0.2, 0) is 4.74 Å². The van der Waals surface area contributed by atoms with E-state index in [2.05, 4.69) is 16.0 Å². The van der Waals surface area contributed by atoms with Gasteiger partial charge in [0.15, 0.2) is 0 Å². The van der Waals surface area contributed by atoms with Gasteiger partial charge in [-0.05, 0) is 19.1 Å². The van der Waals surface area contributed by atoms with Crippen molar-refractivity contribution in [2.45, 2.75) is 6.92 Å². The van der Waals surface area contributed by atoms with E-state index in [1.807, 2.05) is 18.2 Å². The van der Waals surface area contributed by atoms with Crippen molar-refractivity contribution in [1.82, 2.24) is 10.6 Å². The highest BCUT2D eigenvalue weighted by Gasteiger charge is 1.98. The van der Waals surface area contributed by atoms with Crippen LogP contribution in [0.5, 0.6) is 0 Å². The Hall–Kier alpha value is -1.59. The molecular weight excluding hydrogens is 230 g/mol. The largest absolute Gasteiger partial charge is 0.450 e. The molecule has 1 heterocycles. The van der Waals surface area contributed by atoms with Gasteiger partial charge in [0.25, 0.3) is 0 Å². The van der Waals surface area contributed by atoms with E-state index in [0.29, 0.717) is 6.61 Å². The number of nitrogens with one attached hydrogen (secondary N) is 3. The quantitative estimate of drug-likeness (QED) is 0.744. The fourth-order valence-corrected chi connectivity index (χ4v) is 1.41. The summed E-state index contributed by atoms with van der Waals surface area (Å²) in [6.07, 6.45) is -0.413. The molecule has 18 heavy (non-hydrogen) atoms. The average Bonchev–Trinajstić information content (AvgIpc) is 2.43. The molecule has 1 saturated heterocycles. The maximum atomic E-state index is 10.9. The van der Waals surface area contributed by atoms with Gasteiger partial charge in [-0.3, -0.25) is 5.32 Å². The van der Waals surface area contributed by atoms with Gasteiger partial charge in [-0.1, -0.05) is 18.2 Å². The summed E-state index contributed by atoms with van der Waals surface area (Å²) in [6, 6.07) is 9.19. The van der Waals surface area contributed by atoms with E-state index in [1.54, 1.807) is 19.1 Å². The summed E-state index contributed by atoms with van der Waals surface area (Å²) >= 11 is 0. The first-order valence-electron chi connectivity index (χ1n) is 6.23. The Balaban J connectivity index is 0.000000225. The third-order valence-corrected chi connectivity index (χ3v) is 2.25. The number of piperazine rings is 1. The lowest BCUT2D eigenvalue weighted by Gasteiger charge is -2.11. The molecule has 5 heteroatoms. The molecule has 1 aliphatic rings. The standard InChI is InChI=1S/C9H11NO2.C4H10N2/c1-2-12-9(11)10-8-6-4-3-5-7-8;1-2-6-4-3-5-1/h3-7H,2H2,1H3,(H,10,11);5-6H,1-4H2. The van der Waals surface area contributed by atoms with Crippen LogP contribution in [0.4, 0.5) is 10.5 Å². The number of amides is 1. The molecule has 0 bridgehead atoms. The summed E-state index contributed by atoms with van der Waals surface area (Å²) < 4.78 is 4.70. The monoisotopic (exact) mass is 251 g/mol. The molecule has 2 rings (SSSR count). The van der Waals surface area contributed by atoms with Crippen molar-refractivity contribution >= 4 is 11.8 Å². The molecule has 0 saturated carbocycles. The molecule has 1 aromatic rings. The average molecular weight is 251 g/mol. The zero-order valence-electron chi connectivity index (χ0n) is 10.7. The normalized spacial score (nSPS) is 14.1. The number of anilines is 1. The van der Waals surface area contributed by atoms with Crippen LogP contribution in [0.2, 0.25) is 0 Å². The summed E-state index contributed by atoms with van der Waals surface area (Å²) in [6.45, 7) is 6.71. The zero-order chi connectivity index (χ0) is 13.1. The molecule has 0 atom stereocenters. The van der Waals surface area contributed by atoms with Gasteiger partial charge in [-0.25, -0.2) is 4.79 Å². The highest BCUT2D eigenvalue weighted by atomic mass is 16.5. The van der Waals surface area contributed by atoms with E-state index in [-0.39, 0.29) is 0 Å². The van der Waals surface area contributed by atoms with Crippen LogP contribution in [0.25, 0.3) is 0 Å². The lowest BCUT2D eigenvalue weighted by atomic mass is 10.3. The van der Waals surface area contributed by atoms with Crippen molar-refractivity contribution in [1.29, 1.82) is 0 Å². The first-order valence-corrected chi connectivity index (χ1v) is 6.23. The van der Waals surface area contributed by atoms with Crippen LogP contribution in [0.3, 0.4) is 0 Å². The summed E-state index contributed by atoms with van der Waals surface area (Å²) in [5.74, 6) is 0. The van der Waals surface area contributed by atoms with Crippen molar-refractivity contribution < 1.29 is 9.53 Å². The second kappa shape index (κ2) is 9.44. The highest BCUT2D eigenvalue weighted by Crippen LogP contribution is 2.04. The van der Waals surface area contributed by atoms with E-state index in [1.165, 1.54) is 0 Å². The van der Waals surface area contributed by atoms with Gasteiger partial charge in [0.05, 0.1) is 6.61 Å². The van der Waals surface area contributed by atoms with E-state index in [9.17, 15) is 4.79 Å². The first kappa shape index (κ1) is 14.5. The molecule has 100 valence electrons. The maximum absolute atomic E-state index is 10.9. The molecule has 1 amide bonds. The first-order chi connectivity index (χ1) is 8.83. The predicted octanol–water partition coefficient (Wildman–Crippen LogP) is 1.43. The van der Waals surface area contributed by atoms with E-state index >= 15 is 0 Å². The van der Waals surface area contributed by atoms with E-state index in [0.717, 1.165) is 31.9 Å². The molecule has 0 aromatic heterocycles. The lowest BCUT2D eigenvalue weighted by Crippen LogP contribution is -2.39. The summed E-state index contributed by atoms with van der Waals surface area (Å²) in [5, 5.41) is 9.03. The number of hydrogen-bond acceptors (Lipinski definition) is 4. The van der Waals surface area contributed by atoms with Gasteiger partial charge in [0, 0.05) is 31.9 Å². The van der Waals surface area contributed by atoms with Crippen molar-refractivity contribution in [3.63, 3.8) is 0 Å². The van der Waals surface area contributed by atoms with Crippen molar-refractivity contribution in [2.75, 3.05) is 38.1 Å². The lowest BCUT2D eigenvalue weighted by molar-refractivity contribution is 0.168. The molecule has 0 radical (unpaired) electrons. The summed E-state index contributed by atoms with van der Waals surface area (Å²) in [7, 11) is 0. The smallest absolute Gasteiger partial charge is 0.411 e. The Bertz CT molecular complexity index is 315. The number of carbonyl (C=O) groups is 1.